The third-order valence-electron chi connectivity index (χ3n) is 4.18. The zero-order valence-electron chi connectivity index (χ0n) is 12.3. The first-order valence-corrected chi connectivity index (χ1v) is 8.38. The number of aromatic nitrogens is 2. The molecular weight excluding hydrogens is 315 g/mol. The topological polar surface area (TPSA) is 73.4 Å². The van der Waals surface area contributed by atoms with E-state index in [-0.39, 0.29) is 11.9 Å². The number of hydrogen-bond donors (Lipinski definition) is 1. The van der Waals surface area contributed by atoms with Crippen LogP contribution in [0.15, 0.2) is 35.8 Å². The summed E-state index contributed by atoms with van der Waals surface area (Å²) in [5.41, 5.74) is 8.14. The molecule has 1 aromatic heterocycles. The Bertz CT molecular complexity index is 768. The number of nitrogens with two attached hydrogens (primary N) is 1. The second kappa shape index (κ2) is 5.81. The molecule has 4 rings (SSSR count). The predicted octanol–water partition coefficient (Wildman–Crippen LogP) is 2.78. The Morgan fingerprint density at radius 2 is 2.04 bits per heavy atom. The van der Waals surface area contributed by atoms with Crippen molar-refractivity contribution in [1.29, 1.82) is 0 Å². The molecule has 0 radical (unpaired) electrons. The molecule has 2 aliphatic heterocycles. The Balaban J connectivity index is 1.87. The van der Waals surface area contributed by atoms with E-state index in [2.05, 4.69) is 15.0 Å². The first kappa shape index (κ1) is 14.4. The molecule has 0 unspecified atom stereocenters. The van der Waals surface area contributed by atoms with Gasteiger partial charge in [-0.2, -0.15) is 0 Å². The Morgan fingerprint density at radius 3 is 2.87 bits per heavy atom. The quantitative estimate of drug-likeness (QED) is 0.870. The zero-order valence-corrected chi connectivity index (χ0v) is 13.1. The molecule has 23 heavy (non-hydrogen) atoms. The minimum Gasteiger partial charge on any atom is -0.490 e. The van der Waals surface area contributed by atoms with Gasteiger partial charge in [-0.1, -0.05) is 11.8 Å². The summed E-state index contributed by atoms with van der Waals surface area (Å²) in [6.07, 6.45) is 5.62. The number of benzene rings is 1. The van der Waals surface area contributed by atoms with E-state index in [4.69, 9.17) is 10.5 Å². The van der Waals surface area contributed by atoms with Gasteiger partial charge in [-0.05, 0) is 30.0 Å². The molecule has 0 aliphatic carbocycles. The molecule has 5 nitrogen and oxygen atoms in total. The Labute approximate surface area is 137 Å². The number of nitrogens with zero attached hydrogens (tertiary/aromatic N) is 3. The van der Waals surface area contributed by atoms with Crippen molar-refractivity contribution in [3.05, 3.63) is 42.2 Å². The fourth-order valence-corrected chi connectivity index (χ4v) is 3.96. The summed E-state index contributed by atoms with van der Waals surface area (Å²) in [6, 6.07) is 3.22. The molecule has 1 aromatic carbocycles. The third kappa shape index (κ3) is 2.65. The lowest BCUT2D eigenvalue weighted by molar-refractivity contribution is 0.284. The predicted molar refractivity (Wildman–Crippen MR) is 87.8 cm³/mol. The maximum atomic E-state index is 14.6. The Morgan fingerprint density at radius 1 is 1.22 bits per heavy atom. The van der Waals surface area contributed by atoms with Crippen LogP contribution in [0.5, 0.6) is 5.75 Å². The third-order valence-corrected chi connectivity index (χ3v) is 5.17. The van der Waals surface area contributed by atoms with E-state index in [1.807, 2.05) is 6.07 Å². The first-order chi connectivity index (χ1) is 11.2. The molecule has 0 amide bonds. The standard InChI is InChI=1S/C16H15FN4OS/c17-13-4-10(11-5-19-8-20-6-11)3-12-14-9(1-2-22-15(12)13)7-23-16(18)21-14/h3-6,8-9,14H,1-2,7H2,(H2,18,21)/t9-,14+/m1/s1. The van der Waals surface area contributed by atoms with Gasteiger partial charge in [0, 0.05) is 29.3 Å². The van der Waals surface area contributed by atoms with Crippen LogP contribution in [-0.4, -0.2) is 27.5 Å². The van der Waals surface area contributed by atoms with Gasteiger partial charge in [0.15, 0.2) is 16.7 Å². The van der Waals surface area contributed by atoms with Crippen molar-refractivity contribution in [2.45, 2.75) is 12.5 Å². The van der Waals surface area contributed by atoms with Crippen LogP contribution in [-0.2, 0) is 0 Å². The van der Waals surface area contributed by atoms with Gasteiger partial charge in [-0.25, -0.2) is 14.4 Å². The molecule has 2 aromatic rings. The molecule has 0 saturated heterocycles. The van der Waals surface area contributed by atoms with Crippen molar-refractivity contribution >= 4 is 16.9 Å². The van der Waals surface area contributed by atoms with Crippen molar-refractivity contribution in [1.82, 2.24) is 9.97 Å². The van der Waals surface area contributed by atoms with E-state index >= 15 is 0 Å². The summed E-state index contributed by atoms with van der Waals surface area (Å²) < 4.78 is 20.3. The fraction of sp³-hybridized carbons (Fsp3) is 0.312. The highest BCUT2D eigenvalue weighted by molar-refractivity contribution is 8.13. The van der Waals surface area contributed by atoms with Crippen LogP contribution in [0.3, 0.4) is 0 Å². The van der Waals surface area contributed by atoms with E-state index in [0.29, 0.717) is 23.4 Å². The smallest absolute Gasteiger partial charge is 0.166 e. The van der Waals surface area contributed by atoms with Crippen molar-refractivity contribution in [2.75, 3.05) is 12.4 Å². The van der Waals surface area contributed by atoms with Crippen LogP contribution in [0.25, 0.3) is 11.1 Å². The highest BCUT2D eigenvalue weighted by Gasteiger charge is 2.33. The van der Waals surface area contributed by atoms with Gasteiger partial charge in [0.05, 0.1) is 12.6 Å². The minimum absolute atomic E-state index is 0.159. The number of halogens is 1. The minimum atomic E-state index is -0.381. The summed E-state index contributed by atoms with van der Waals surface area (Å²) in [4.78, 5) is 12.6. The summed E-state index contributed by atoms with van der Waals surface area (Å²) in [6.45, 7) is 0.495. The number of aliphatic imine (C=N–C) groups is 1. The maximum Gasteiger partial charge on any atom is 0.166 e. The number of hydrogen-bond acceptors (Lipinski definition) is 6. The molecule has 0 saturated carbocycles. The number of fused-ring (bicyclic) bond motifs is 3. The lowest BCUT2D eigenvalue weighted by atomic mass is 9.90. The highest BCUT2D eigenvalue weighted by Crippen LogP contribution is 2.44. The van der Waals surface area contributed by atoms with Crippen molar-refractivity contribution in [2.24, 2.45) is 16.6 Å². The summed E-state index contributed by atoms with van der Waals surface area (Å²) in [5.74, 6) is 1.09. The Kier molecular flexibility index (Phi) is 3.65. The Hall–Kier alpha value is -2.15. The zero-order chi connectivity index (χ0) is 15.8. The van der Waals surface area contributed by atoms with Gasteiger partial charge in [0.25, 0.3) is 0 Å². The molecule has 0 spiro atoms. The van der Waals surface area contributed by atoms with E-state index in [9.17, 15) is 4.39 Å². The molecule has 2 aliphatic rings. The van der Waals surface area contributed by atoms with Gasteiger partial charge >= 0.3 is 0 Å². The number of amidine groups is 1. The fourth-order valence-electron chi connectivity index (χ4n) is 3.04. The second-order valence-electron chi connectivity index (χ2n) is 5.62. The van der Waals surface area contributed by atoms with E-state index in [1.54, 1.807) is 24.2 Å². The summed E-state index contributed by atoms with van der Waals surface area (Å²) in [7, 11) is 0. The van der Waals surface area contributed by atoms with E-state index in [0.717, 1.165) is 28.9 Å². The number of rotatable bonds is 1. The average molecular weight is 330 g/mol. The van der Waals surface area contributed by atoms with Crippen LogP contribution in [0.4, 0.5) is 4.39 Å². The van der Waals surface area contributed by atoms with Crippen molar-refractivity contribution in [3.63, 3.8) is 0 Å². The van der Waals surface area contributed by atoms with Crippen LogP contribution in [0.2, 0.25) is 0 Å². The molecule has 3 heterocycles. The molecule has 0 bridgehead atoms. The van der Waals surface area contributed by atoms with Crippen LogP contribution >= 0.6 is 11.8 Å². The van der Waals surface area contributed by atoms with Gasteiger partial charge in [-0.3, -0.25) is 4.99 Å². The molecule has 7 heteroatoms. The van der Waals surface area contributed by atoms with E-state index < -0.39 is 0 Å². The van der Waals surface area contributed by atoms with Crippen LogP contribution in [0.1, 0.15) is 18.0 Å². The van der Waals surface area contributed by atoms with Gasteiger partial charge in [0.2, 0.25) is 0 Å². The molecular formula is C16H15FN4OS. The maximum absolute atomic E-state index is 14.6. The SMILES string of the molecule is NC1=N[C@@H]2c3cc(-c4cncnc4)cc(F)c3OCC[C@@H]2CS1. The monoisotopic (exact) mass is 330 g/mol. The van der Waals surface area contributed by atoms with Crippen molar-refractivity contribution in [3.8, 4) is 16.9 Å². The second-order valence-corrected chi connectivity index (χ2v) is 6.66. The highest BCUT2D eigenvalue weighted by atomic mass is 32.2. The average Bonchev–Trinajstić information content (AvgIpc) is 2.75. The van der Waals surface area contributed by atoms with Gasteiger partial charge in [-0.15, -0.1) is 0 Å². The number of thioether (sulfide) groups is 1. The molecule has 0 fully saturated rings. The van der Waals surface area contributed by atoms with E-state index in [1.165, 1.54) is 12.4 Å². The molecule has 2 atom stereocenters. The van der Waals surface area contributed by atoms with Gasteiger partial charge in [0.1, 0.15) is 6.33 Å². The van der Waals surface area contributed by atoms with Crippen LogP contribution in [0, 0.1) is 11.7 Å². The normalized spacial score (nSPS) is 23.1. The largest absolute Gasteiger partial charge is 0.490 e. The lowest BCUT2D eigenvalue weighted by Gasteiger charge is -2.26. The molecule has 2 N–H and O–H groups in total. The molecule has 118 valence electrons. The number of ether oxygens (including phenoxy) is 1. The van der Waals surface area contributed by atoms with Crippen molar-refractivity contribution < 1.29 is 9.13 Å². The van der Waals surface area contributed by atoms with Crippen LogP contribution < -0.4 is 10.5 Å². The van der Waals surface area contributed by atoms with Gasteiger partial charge < -0.3 is 10.5 Å². The summed E-state index contributed by atoms with van der Waals surface area (Å²) >= 11 is 1.55. The lowest BCUT2D eigenvalue weighted by Crippen LogP contribution is -2.24. The summed E-state index contributed by atoms with van der Waals surface area (Å²) in [5, 5.41) is 0.549. The first-order valence-electron chi connectivity index (χ1n) is 7.40.